The highest BCUT2D eigenvalue weighted by molar-refractivity contribution is 5.84. The van der Waals surface area contributed by atoms with E-state index >= 15 is 0 Å². The number of carbonyl (C=O) groups is 1. The van der Waals surface area contributed by atoms with Gasteiger partial charge >= 0.3 is 6.09 Å². The summed E-state index contributed by atoms with van der Waals surface area (Å²) in [6.45, 7) is 2.13. The predicted octanol–water partition coefficient (Wildman–Crippen LogP) is 4.00. The number of anilines is 3. The van der Waals surface area contributed by atoms with E-state index in [-0.39, 0.29) is 0 Å². The number of hydrogen-bond acceptors (Lipinski definition) is 3. The van der Waals surface area contributed by atoms with Crippen LogP contribution in [0.3, 0.4) is 0 Å². The van der Waals surface area contributed by atoms with E-state index in [0.29, 0.717) is 12.3 Å². The van der Waals surface area contributed by atoms with Crippen LogP contribution in [0.5, 0.6) is 0 Å². The summed E-state index contributed by atoms with van der Waals surface area (Å²) in [6.07, 6.45) is -0.439. The number of para-hydroxylation sites is 1. The monoisotopic (exact) mass is 256 g/mol. The Morgan fingerprint density at radius 2 is 1.53 bits per heavy atom. The summed E-state index contributed by atoms with van der Waals surface area (Å²) in [7, 11) is 0. The molecule has 0 saturated heterocycles. The van der Waals surface area contributed by atoms with Crippen molar-refractivity contribution in [2.75, 3.05) is 17.2 Å². The Balaban J connectivity index is 1.97. The molecule has 1 amide bonds. The van der Waals surface area contributed by atoms with Gasteiger partial charge in [0, 0.05) is 17.1 Å². The van der Waals surface area contributed by atoms with Crippen molar-refractivity contribution in [1.29, 1.82) is 0 Å². The summed E-state index contributed by atoms with van der Waals surface area (Å²) in [5.41, 5.74) is 2.69. The quantitative estimate of drug-likeness (QED) is 0.869. The lowest BCUT2D eigenvalue weighted by Gasteiger charge is -2.08. The van der Waals surface area contributed by atoms with Crippen molar-refractivity contribution in [3.8, 4) is 0 Å². The highest BCUT2D eigenvalue weighted by atomic mass is 16.5. The van der Waals surface area contributed by atoms with Crippen molar-refractivity contribution in [3.05, 3.63) is 54.6 Å². The third-order valence-electron chi connectivity index (χ3n) is 2.47. The van der Waals surface area contributed by atoms with Gasteiger partial charge in [0.25, 0.3) is 0 Å². The maximum atomic E-state index is 11.2. The van der Waals surface area contributed by atoms with Crippen molar-refractivity contribution in [2.24, 2.45) is 0 Å². The minimum atomic E-state index is -0.439. The van der Waals surface area contributed by atoms with Gasteiger partial charge in [0.2, 0.25) is 0 Å². The number of benzene rings is 2. The molecule has 2 rings (SSSR count). The van der Waals surface area contributed by atoms with Gasteiger partial charge in [-0.2, -0.15) is 0 Å². The number of carbonyl (C=O) groups excluding carboxylic acids is 1. The zero-order chi connectivity index (χ0) is 13.5. The summed E-state index contributed by atoms with van der Waals surface area (Å²) < 4.78 is 4.81. The molecule has 0 saturated carbocycles. The van der Waals surface area contributed by atoms with Crippen LogP contribution < -0.4 is 10.6 Å². The fraction of sp³-hybridized carbons (Fsp3) is 0.133. The Morgan fingerprint density at radius 3 is 2.16 bits per heavy atom. The molecule has 0 radical (unpaired) electrons. The first kappa shape index (κ1) is 13.0. The fourth-order valence-corrected chi connectivity index (χ4v) is 1.61. The van der Waals surface area contributed by atoms with E-state index in [1.807, 2.05) is 54.6 Å². The Morgan fingerprint density at radius 1 is 0.947 bits per heavy atom. The molecule has 0 aliphatic heterocycles. The second-order valence-electron chi connectivity index (χ2n) is 3.91. The molecule has 0 aromatic heterocycles. The topological polar surface area (TPSA) is 50.4 Å². The van der Waals surface area contributed by atoms with E-state index < -0.39 is 6.09 Å². The van der Waals surface area contributed by atoms with Gasteiger partial charge in [-0.3, -0.25) is 5.32 Å². The van der Waals surface area contributed by atoms with Crippen molar-refractivity contribution in [2.45, 2.75) is 6.92 Å². The van der Waals surface area contributed by atoms with Crippen molar-refractivity contribution >= 4 is 23.2 Å². The normalized spacial score (nSPS) is 9.74. The van der Waals surface area contributed by atoms with Crippen molar-refractivity contribution in [3.63, 3.8) is 0 Å². The largest absolute Gasteiger partial charge is 0.450 e. The van der Waals surface area contributed by atoms with Crippen LogP contribution in [-0.4, -0.2) is 12.7 Å². The van der Waals surface area contributed by atoms with Crippen LogP contribution >= 0.6 is 0 Å². The fourth-order valence-electron chi connectivity index (χ4n) is 1.61. The van der Waals surface area contributed by atoms with E-state index in [9.17, 15) is 4.79 Å². The lowest BCUT2D eigenvalue weighted by atomic mass is 10.2. The molecule has 0 heterocycles. The number of hydrogen-bond donors (Lipinski definition) is 2. The van der Waals surface area contributed by atoms with E-state index in [4.69, 9.17) is 4.74 Å². The third kappa shape index (κ3) is 4.03. The van der Waals surface area contributed by atoms with Crippen LogP contribution in [0.4, 0.5) is 21.9 Å². The van der Waals surface area contributed by atoms with Gasteiger partial charge in [-0.15, -0.1) is 0 Å². The minimum absolute atomic E-state index is 0.361. The van der Waals surface area contributed by atoms with Gasteiger partial charge in [-0.1, -0.05) is 18.2 Å². The van der Waals surface area contributed by atoms with Crippen molar-refractivity contribution < 1.29 is 9.53 Å². The lowest BCUT2D eigenvalue weighted by molar-refractivity contribution is 0.168. The standard InChI is InChI=1S/C15H16N2O2/c1-2-19-15(18)17-14-10-8-13(9-11-14)16-12-6-4-3-5-7-12/h3-11,16H,2H2,1H3,(H,17,18). The summed E-state index contributed by atoms with van der Waals surface area (Å²) in [6, 6.07) is 17.3. The lowest BCUT2D eigenvalue weighted by Crippen LogP contribution is -2.13. The van der Waals surface area contributed by atoms with Gasteiger partial charge in [0.15, 0.2) is 0 Å². The summed E-state index contributed by atoms with van der Waals surface area (Å²) >= 11 is 0. The first-order chi connectivity index (χ1) is 9.28. The Bertz CT molecular complexity index is 524. The SMILES string of the molecule is CCOC(=O)Nc1ccc(Nc2ccccc2)cc1. The summed E-state index contributed by atoms with van der Waals surface area (Å²) in [5.74, 6) is 0. The molecular formula is C15H16N2O2. The van der Waals surface area contributed by atoms with Crippen LogP contribution in [0.1, 0.15) is 6.92 Å². The summed E-state index contributed by atoms with van der Waals surface area (Å²) in [4.78, 5) is 11.2. The highest BCUT2D eigenvalue weighted by Crippen LogP contribution is 2.18. The van der Waals surface area contributed by atoms with Crippen LogP contribution in [0.25, 0.3) is 0 Å². The van der Waals surface area contributed by atoms with E-state index in [1.165, 1.54) is 0 Å². The molecule has 2 N–H and O–H groups in total. The Hall–Kier alpha value is -2.49. The molecule has 98 valence electrons. The second-order valence-corrected chi connectivity index (χ2v) is 3.91. The van der Waals surface area contributed by atoms with Gasteiger partial charge in [0.1, 0.15) is 0 Å². The number of amides is 1. The molecule has 2 aromatic rings. The number of nitrogens with one attached hydrogen (secondary N) is 2. The van der Waals surface area contributed by atoms with E-state index in [1.54, 1.807) is 6.92 Å². The second kappa shape index (κ2) is 6.44. The average Bonchev–Trinajstić information content (AvgIpc) is 2.42. The maximum absolute atomic E-state index is 11.2. The van der Waals surface area contributed by atoms with Crippen LogP contribution in [0, 0.1) is 0 Å². The van der Waals surface area contributed by atoms with Gasteiger partial charge < -0.3 is 10.1 Å². The zero-order valence-electron chi connectivity index (χ0n) is 10.7. The molecule has 4 heteroatoms. The maximum Gasteiger partial charge on any atom is 0.411 e. The van der Waals surface area contributed by atoms with E-state index in [2.05, 4.69) is 10.6 Å². The molecule has 0 unspecified atom stereocenters. The number of ether oxygens (including phenoxy) is 1. The molecule has 0 bridgehead atoms. The molecule has 0 fully saturated rings. The molecular weight excluding hydrogens is 240 g/mol. The van der Waals surface area contributed by atoms with Crippen LogP contribution in [-0.2, 0) is 4.74 Å². The molecule has 0 spiro atoms. The van der Waals surface area contributed by atoms with Gasteiger partial charge in [0.05, 0.1) is 6.61 Å². The zero-order valence-corrected chi connectivity index (χ0v) is 10.7. The third-order valence-corrected chi connectivity index (χ3v) is 2.47. The molecule has 19 heavy (non-hydrogen) atoms. The van der Waals surface area contributed by atoms with Gasteiger partial charge in [-0.05, 0) is 43.3 Å². The Labute approximate surface area is 112 Å². The van der Waals surface area contributed by atoms with Crippen LogP contribution in [0.15, 0.2) is 54.6 Å². The predicted molar refractivity (Wildman–Crippen MR) is 76.8 cm³/mol. The first-order valence-electron chi connectivity index (χ1n) is 6.14. The smallest absolute Gasteiger partial charge is 0.411 e. The van der Waals surface area contributed by atoms with Crippen molar-refractivity contribution in [1.82, 2.24) is 0 Å². The molecule has 0 aliphatic rings. The first-order valence-corrected chi connectivity index (χ1v) is 6.14. The minimum Gasteiger partial charge on any atom is -0.450 e. The Kier molecular flexibility index (Phi) is 4.39. The molecule has 4 nitrogen and oxygen atoms in total. The van der Waals surface area contributed by atoms with E-state index in [0.717, 1.165) is 11.4 Å². The van der Waals surface area contributed by atoms with Gasteiger partial charge in [-0.25, -0.2) is 4.79 Å². The molecule has 2 aromatic carbocycles. The summed E-state index contributed by atoms with van der Waals surface area (Å²) in [5, 5.41) is 5.91. The number of rotatable bonds is 4. The molecule has 0 atom stereocenters. The highest BCUT2D eigenvalue weighted by Gasteiger charge is 2.01. The average molecular weight is 256 g/mol. The molecule has 0 aliphatic carbocycles. The van der Waals surface area contributed by atoms with Crippen LogP contribution in [0.2, 0.25) is 0 Å².